The van der Waals surface area contributed by atoms with Gasteiger partial charge < -0.3 is 10.8 Å². The molecule has 0 aromatic rings. The van der Waals surface area contributed by atoms with E-state index >= 15 is 0 Å². The molecule has 0 rings (SSSR count). The van der Waals surface area contributed by atoms with Gasteiger partial charge in [-0.3, -0.25) is 4.79 Å². The third-order valence-electron chi connectivity index (χ3n) is 0.328. The van der Waals surface area contributed by atoms with Crippen LogP contribution in [-0.2, 0) is 4.79 Å². The topological polar surface area (TPSA) is 63.3 Å². The van der Waals surface area contributed by atoms with Crippen molar-refractivity contribution >= 4 is 5.91 Å². The van der Waals surface area contributed by atoms with Gasteiger partial charge in [0.1, 0.15) is 6.10 Å². The van der Waals surface area contributed by atoms with E-state index in [0.29, 0.717) is 0 Å². The molecular weight excluding hydrogens is 82.0 g/mol. The highest BCUT2D eigenvalue weighted by atomic mass is 16.3. The van der Waals surface area contributed by atoms with Crippen molar-refractivity contribution in [3.63, 3.8) is 0 Å². The zero-order chi connectivity index (χ0) is 5.86. The average Bonchev–Trinajstić information content (AvgIpc) is 1.65. The Kier molecular flexibility index (Phi) is 1.06. The number of amides is 1. The molecule has 1 unspecified atom stereocenters. The number of hydrogen-bond donors (Lipinski definition) is 2. The van der Waals surface area contributed by atoms with E-state index < -0.39 is 12.0 Å². The summed E-state index contributed by atoms with van der Waals surface area (Å²) in [6.07, 6.45) is -1.29. The number of hydrogen-bond acceptors (Lipinski definition) is 2. The highest BCUT2D eigenvalue weighted by Crippen LogP contribution is 1.70. The molecule has 1 amide bonds. The summed E-state index contributed by atoms with van der Waals surface area (Å²) in [4.78, 5) is 9.78. The summed E-state index contributed by atoms with van der Waals surface area (Å²) < 4.78 is 6.39. The Bertz CT molecular complexity index is 75.3. The average molecular weight is 90.1 g/mol. The molecule has 3 nitrogen and oxygen atoms in total. The Balaban J connectivity index is 3.34. The van der Waals surface area contributed by atoms with Crippen LogP contribution in [0.15, 0.2) is 0 Å². The maximum atomic E-state index is 9.78. The minimum absolute atomic E-state index is 0.352. The number of primary amides is 1. The lowest BCUT2D eigenvalue weighted by Crippen LogP contribution is -2.24. The van der Waals surface area contributed by atoms with E-state index in [0.717, 1.165) is 0 Å². The van der Waals surface area contributed by atoms with Crippen LogP contribution in [-0.4, -0.2) is 17.1 Å². The molecule has 0 aromatic carbocycles. The normalized spacial score (nSPS) is 15.8. The number of aliphatic hydroxyl groups excluding tert-OH is 1. The van der Waals surface area contributed by atoms with Crippen molar-refractivity contribution in [2.75, 3.05) is 0 Å². The second-order valence-electron chi connectivity index (χ2n) is 0.918. The zero-order valence-corrected chi connectivity index (χ0v) is 3.22. The summed E-state index contributed by atoms with van der Waals surface area (Å²) in [6.45, 7) is -0.352. The summed E-state index contributed by atoms with van der Waals surface area (Å²) in [5, 5.41) is 8.27. The SMILES string of the molecule is [2H]CC(O)C(N)=O. The van der Waals surface area contributed by atoms with Gasteiger partial charge >= 0.3 is 0 Å². The van der Waals surface area contributed by atoms with Gasteiger partial charge in [-0.1, -0.05) is 0 Å². The minimum Gasteiger partial charge on any atom is -0.384 e. The van der Waals surface area contributed by atoms with Crippen molar-refractivity contribution in [3.8, 4) is 0 Å². The first-order chi connectivity index (χ1) is 3.18. The first kappa shape index (κ1) is 3.61. The molecule has 3 N–H and O–H groups in total. The lowest BCUT2D eigenvalue weighted by molar-refractivity contribution is -0.125. The van der Waals surface area contributed by atoms with Crippen LogP contribution in [0.4, 0.5) is 0 Å². The Morgan fingerprint density at radius 1 is 2.33 bits per heavy atom. The summed E-state index contributed by atoms with van der Waals surface area (Å²) in [5.41, 5.74) is 4.54. The van der Waals surface area contributed by atoms with Gasteiger partial charge in [0, 0.05) is 1.37 Å². The number of carbonyl (C=O) groups excluding carboxylic acids is 1. The first-order valence-electron chi connectivity index (χ1n) is 2.16. The van der Waals surface area contributed by atoms with Gasteiger partial charge in [0.05, 0.1) is 0 Å². The molecular formula is C3H7NO2. The van der Waals surface area contributed by atoms with Gasteiger partial charge in [-0.05, 0) is 6.90 Å². The quantitative estimate of drug-likeness (QED) is 0.427. The Hall–Kier alpha value is -0.570. The Morgan fingerprint density at radius 2 is 2.83 bits per heavy atom. The van der Waals surface area contributed by atoms with E-state index in [2.05, 4.69) is 5.73 Å². The zero-order valence-electron chi connectivity index (χ0n) is 4.22. The number of nitrogens with two attached hydrogens (primary N) is 1. The number of carbonyl (C=O) groups is 1. The summed E-state index contributed by atoms with van der Waals surface area (Å²) in [6, 6.07) is 0. The molecule has 0 aliphatic carbocycles. The maximum absolute atomic E-state index is 9.78. The molecule has 0 fully saturated rings. The smallest absolute Gasteiger partial charge is 0.245 e. The highest BCUT2D eigenvalue weighted by Gasteiger charge is 1.98. The summed E-state index contributed by atoms with van der Waals surface area (Å²) in [5.74, 6) is -0.838. The van der Waals surface area contributed by atoms with Crippen LogP contribution in [0.2, 0.25) is 0 Å². The predicted molar refractivity (Wildman–Crippen MR) is 20.9 cm³/mol. The molecule has 0 bridgehead atoms. The van der Waals surface area contributed by atoms with E-state index in [9.17, 15) is 4.79 Å². The monoisotopic (exact) mass is 90.1 g/mol. The molecule has 0 aliphatic rings. The third-order valence-corrected chi connectivity index (χ3v) is 0.328. The molecule has 1 atom stereocenters. The van der Waals surface area contributed by atoms with Crippen molar-refractivity contribution in [1.29, 1.82) is 0 Å². The Labute approximate surface area is 37.2 Å². The maximum Gasteiger partial charge on any atom is 0.245 e. The van der Waals surface area contributed by atoms with Gasteiger partial charge in [0.15, 0.2) is 0 Å². The van der Waals surface area contributed by atoms with E-state index in [-0.39, 0.29) is 6.90 Å². The van der Waals surface area contributed by atoms with E-state index in [1.807, 2.05) is 0 Å². The molecule has 0 saturated heterocycles. The third kappa shape index (κ3) is 1.72. The summed E-state index contributed by atoms with van der Waals surface area (Å²) >= 11 is 0. The van der Waals surface area contributed by atoms with Gasteiger partial charge in [0.2, 0.25) is 5.91 Å². The molecule has 0 aromatic heterocycles. The second-order valence-corrected chi connectivity index (χ2v) is 0.918. The van der Waals surface area contributed by atoms with Crippen molar-refractivity contribution in [2.45, 2.75) is 13.0 Å². The predicted octanol–water partition coefficient (Wildman–Crippen LogP) is -1.15. The molecule has 36 valence electrons. The number of aliphatic hydroxyl groups is 1. The fourth-order valence-electron chi connectivity index (χ4n) is 0. The molecule has 0 radical (unpaired) electrons. The summed E-state index contributed by atoms with van der Waals surface area (Å²) in [7, 11) is 0. The van der Waals surface area contributed by atoms with E-state index in [1.54, 1.807) is 0 Å². The van der Waals surface area contributed by atoms with Gasteiger partial charge in [-0.15, -0.1) is 0 Å². The fraction of sp³-hybridized carbons (Fsp3) is 0.667. The van der Waals surface area contributed by atoms with Crippen molar-refractivity contribution in [3.05, 3.63) is 0 Å². The molecule has 3 heteroatoms. The van der Waals surface area contributed by atoms with Crippen LogP contribution >= 0.6 is 0 Å². The molecule has 0 heterocycles. The first-order valence-corrected chi connectivity index (χ1v) is 1.45. The molecule has 0 spiro atoms. The minimum atomic E-state index is -1.29. The van der Waals surface area contributed by atoms with Gasteiger partial charge in [0.25, 0.3) is 0 Å². The van der Waals surface area contributed by atoms with Crippen LogP contribution in [0.3, 0.4) is 0 Å². The van der Waals surface area contributed by atoms with Crippen LogP contribution in [0.25, 0.3) is 0 Å². The van der Waals surface area contributed by atoms with Gasteiger partial charge in [-0.2, -0.15) is 0 Å². The standard InChI is InChI=1S/C3H7NO2/c1-2(5)3(4)6/h2,5H,1H3,(H2,4,6)/i1D. The van der Waals surface area contributed by atoms with Crippen molar-refractivity contribution in [2.24, 2.45) is 5.73 Å². The second kappa shape index (κ2) is 1.77. The highest BCUT2D eigenvalue weighted by molar-refractivity contribution is 5.77. The van der Waals surface area contributed by atoms with Crippen LogP contribution in [0, 0.1) is 0 Å². The lowest BCUT2D eigenvalue weighted by Gasteiger charge is -1.90. The molecule has 6 heavy (non-hydrogen) atoms. The molecule has 0 aliphatic heterocycles. The Morgan fingerprint density at radius 3 is 2.83 bits per heavy atom. The van der Waals surface area contributed by atoms with Crippen molar-refractivity contribution in [1.82, 2.24) is 0 Å². The van der Waals surface area contributed by atoms with Gasteiger partial charge in [-0.25, -0.2) is 0 Å². The lowest BCUT2D eigenvalue weighted by atomic mass is 10.4. The van der Waals surface area contributed by atoms with E-state index in [1.165, 1.54) is 0 Å². The van der Waals surface area contributed by atoms with Crippen molar-refractivity contribution < 1.29 is 11.3 Å². The number of rotatable bonds is 1. The largest absolute Gasteiger partial charge is 0.384 e. The van der Waals surface area contributed by atoms with Crippen LogP contribution < -0.4 is 5.73 Å². The molecule has 0 saturated carbocycles. The van der Waals surface area contributed by atoms with Crippen LogP contribution in [0.5, 0.6) is 0 Å². The van der Waals surface area contributed by atoms with E-state index in [4.69, 9.17) is 6.48 Å². The fourth-order valence-corrected chi connectivity index (χ4v) is 0. The van der Waals surface area contributed by atoms with Crippen LogP contribution in [0.1, 0.15) is 8.27 Å².